The largest absolute Gasteiger partial charge is 0.361 e. The number of thioether (sulfide) groups is 2. The summed E-state index contributed by atoms with van der Waals surface area (Å²) in [5.41, 5.74) is 1.41. The molecule has 0 bridgehead atoms. The van der Waals surface area contributed by atoms with Gasteiger partial charge in [-0.05, 0) is 36.8 Å². The zero-order valence-corrected chi connectivity index (χ0v) is 14.5. The smallest absolute Gasteiger partial charge is 0.156 e. The third-order valence-corrected chi connectivity index (χ3v) is 5.37. The molecule has 2 rings (SSSR count). The fourth-order valence-electron chi connectivity index (χ4n) is 2.43. The number of aliphatic imine (C=N–C) groups is 1. The highest BCUT2D eigenvalue weighted by molar-refractivity contribution is 8.14. The lowest BCUT2D eigenvalue weighted by molar-refractivity contribution is 0.669. The molecular weight excluding hydrogens is 296 g/mol. The second kappa shape index (κ2) is 10.2. The first-order chi connectivity index (χ1) is 10.4. The lowest BCUT2D eigenvalue weighted by Crippen LogP contribution is -2.29. The molecule has 21 heavy (non-hydrogen) atoms. The Bertz CT molecular complexity index is 420. The van der Waals surface area contributed by atoms with Crippen molar-refractivity contribution in [3.63, 3.8) is 0 Å². The lowest BCUT2D eigenvalue weighted by atomic mass is 10.1. The molecule has 1 atom stereocenters. The Kier molecular flexibility index (Phi) is 8.12. The average Bonchev–Trinajstić information content (AvgIpc) is 2.95. The van der Waals surface area contributed by atoms with Gasteiger partial charge in [-0.3, -0.25) is 4.99 Å². The fourth-order valence-corrected chi connectivity index (χ4v) is 3.92. The van der Waals surface area contributed by atoms with E-state index < -0.39 is 0 Å². The molecule has 0 aromatic heterocycles. The van der Waals surface area contributed by atoms with Gasteiger partial charge in [0.2, 0.25) is 0 Å². The highest BCUT2D eigenvalue weighted by atomic mass is 32.2. The van der Waals surface area contributed by atoms with Crippen molar-refractivity contribution in [2.45, 2.75) is 38.1 Å². The van der Waals surface area contributed by atoms with Crippen LogP contribution in [0.1, 0.15) is 31.2 Å². The number of rotatable bonds is 9. The van der Waals surface area contributed by atoms with E-state index in [2.05, 4.69) is 41.9 Å². The van der Waals surface area contributed by atoms with Gasteiger partial charge in [0.1, 0.15) is 0 Å². The molecule has 0 radical (unpaired) electrons. The number of nitrogens with zero attached hydrogens (tertiary/aromatic N) is 1. The molecule has 0 saturated carbocycles. The van der Waals surface area contributed by atoms with Crippen LogP contribution in [0, 0.1) is 0 Å². The van der Waals surface area contributed by atoms with Gasteiger partial charge >= 0.3 is 0 Å². The van der Waals surface area contributed by atoms with Gasteiger partial charge in [-0.1, -0.05) is 54.9 Å². The second-order valence-corrected chi connectivity index (χ2v) is 7.43. The average molecular weight is 323 g/mol. The Hall–Kier alpha value is -0.610. The maximum absolute atomic E-state index is 4.70. The molecule has 1 unspecified atom stereocenters. The van der Waals surface area contributed by atoms with Crippen LogP contribution in [0.4, 0.5) is 0 Å². The Morgan fingerprint density at radius 3 is 2.81 bits per heavy atom. The minimum absolute atomic E-state index is 0.540. The van der Waals surface area contributed by atoms with Crippen molar-refractivity contribution < 1.29 is 0 Å². The number of hydrogen-bond donors (Lipinski definition) is 1. The Labute approximate surface area is 137 Å². The molecule has 1 aliphatic heterocycles. The van der Waals surface area contributed by atoms with Gasteiger partial charge < -0.3 is 5.32 Å². The minimum Gasteiger partial charge on any atom is -0.361 e. The second-order valence-electron chi connectivity index (χ2n) is 5.44. The lowest BCUT2D eigenvalue weighted by Gasteiger charge is -2.09. The van der Waals surface area contributed by atoms with Gasteiger partial charge in [0.05, 0.1) is 0 Å². The van der Waals surface area contributed by atoms with Crippen LogP contribution in [0.5, 0.6) is 0 Å². The van der Waals surface area contributed by atoms with Crippen LogP contribution in [0.3, 0.4) is 0 Å². The Morgan fingerprint density at radius 2 is 2.00 bits per heavy atom. The van der Waals surface area contributed by atoms with Crippen molar-refractivity contribution in [2.24, 2.45) is 4.99 Å². The summed E-state index contributed by atoms with van der Waals surface area (Å²) in [6.07, 6.45) is 8.52. The normalized spacial score (nSPS) is 19.9. The van der Waals surface area contributed by atoms with Crippen molar-refractivity contribution in [1.29, 1.82) is 0 Å². The predicted octanol–water partition coefficient (Wildman–Crippen LogP) is 4.21. The number of nitrogens with one attached hydrogen (secondary N) is 1. The first-order valence-corrected chi connectivity index (χ1v) is 10.2. The predicted molar refractivity (Wildman–Crippen MR) is 98.7 cm³/mol. The van der Waals surface area contributed by atoms with Crippen molar-refractivity contribution >= 4 is 28.7 Å². The van der Waals surface area contributed by atoms with E-state index in [4.69, 9.17) is 4.99 Å². The molecule has 1 saturated heterocycles. The van der Waals surface area contributed by atoms with Gasteiger partial charge in [0, 0.05) is 18.3 Å². The van der Waals surface area contributed by atoms with E-state index >= 15 is 0 Å². The molecule has 1 aromatic carbocycles. The maximum atomic E-state index is 4.70. The van der Waals surface area contributed by atoms with Gasteiger partial charge in [0.15, 0.2) is 5.17 Å². The standard InChI is InChI=1S/C17H26N2S2/c1-20-12-8-3-2-7-11-18-17-19-16(14-21-17)13-15-9-5-4-6-10-15/h4-6,9-10,16H,2-3,7-8,11-14H2,1H3,(H,18,19). The maximum Gasteiger partial charge on any atom is 0.156 e. The van der Waals surface area contributed by atoms with E-state index in [0.29, 0.717) is 6.04 Å². The van der Waals surface area contributed by atoms with E-state index in [1.807, 2.05) is 23.5 Å². The van der Waals surface area contributed by atoms with Crippen LogP contribution in [-0.4, -0.2) is 35.5 Å². The summed E-state index contributed by atoms with van der Waals surface area (Å²) in [6, 6.07) is 11.3. The van der Waals surface area contributed by atoms with E-state index in [1.165, 1.54) is 37.0 Å². The molecule has 1 aromatic rings. The van der Waals surface area contributed by atoms with E-state index in [9.17, 15) is 0 Å². The molecular formula is C17H26N2S2. The summed E-state index contributed by atoms with van der Waals surface area (Å²) in [5.74, 6) is 2.44. The monoisotopic (exact) mass is 322 g/mol. The van der Waals surface area contributed by atoms with E-state index in [0.717, 1.165) is 23.9 Å². The van der Waals surface area contributed by atoms with Crippen LogP contribution >= 0.6 is 23.5 Å². The van der Waals surface area contributed by atoms with Gasteiger partial charge in [-0.2, -0.15) is 11.8 Å². The minimum atomic E-state index is 0.540. The molecule has 0 amide bonds. The quantitative estimate of drug-likeness (QED) is 0.689. The van der Waals surface area contributed by atoms with Crippen molar-refractivity contribution in [2.75, 3.05) is 24.3 Å². The van der Waals surface area contributed by atoms with Crippen molar-refractivity contribution in [1.82, 2.24) is 5.32 Å². The van der Waals surface area contributed by atoms with Crippen LogP contribution in [-0.2, 0) is 6.42 Å². The molecule has 1 fully saturated rings. The van der Waals surface area contributed by atoms with Crippen LogP contribution in [0.25, 0.3) is 0 Å². The summed E-state index contributed by atoms with van der Waals surface area (Å²) < 4.78 is 0. The van der Waals surface area contributed by atoms with Crippen LogP contribution in [0.2, 0.25) is 0 Å². The topological polar surface area (TPSA) is 24.4 Å². The van der Waals surface area contributed by atoms with Gasteiger partial charge in [0.25, 0.3) is 0 Å². The molecule has 2 nitrogen and oxygen atoms in total. The fraction of sp³-hybridized carbons (Fsp3) is 0.588. The summed E-state index contributed by atoms with van der Waals surface area (Å²) in [6.45, 7) is 0.979. The molecule has 4 heteroatoms. The number of unbranched alkanes of at least 4 members (excludes halogenated alkanes) is 3. The molecule has 1 aliphatic rings. The molecule has 116 valence electrons. The first kappa shape index (κ1) is 16.8. The Balaban J connectivity index is 1.60. The molecule has 1 N–H and O–H groups in total. The molecule has 0 spiro atoms. The van der Waals surface area contributed by atoms with Crippen molar-refractivity contribution in [3.05, 3.63) is 35.9 Å². The van der Waals surface area contributed by atoms with Crippen LogP contribution < -0.4 is 5.32 Å². The highest BCUT2D eigenvalue weighted by Gasteiger charge is 2.19. The zero-order chi connectivity index (χ0) is 14.8. The summed E-state index contributed by atoms with van der Waals surface area (Å²) in [5, 5.41) is 4.71. The zero-order valence-electron chi connectivity index (χ0n) is 12.9. The van der Waals surface area contributed by atoms with Crippen molar-refractivity contribution in [3.8, 4) is 0 Å². The third kappa shape index (κ3) is 6.79. The van der Waals surface area contributed by atoms with Gasteiger partial charge in [-0.15, -0.1) is 0 Å². The van der Waals surface area contributed by atoms with Crippen LogP contribution in [0.15, 0.2) is 35.3 Å². The van der Waals surface area contributed by atoms with Gasteiger partial charge in [-0.25, -0.2) is 0 Å². The van der Waals surface area contributed by atoms with E-state index in [1.54, 1.807) is 0 Å². The SMILES string of the molecule is CSCCCCCCN=C1NC(Cc2ccccc2)CS1. The van der Waals surface area contributed by atoms with E-state index in [-0.39, 0.29) is 0 Å². The first-order valence-electron chi connectivity index (χ1n) is 7.85. The number of amidine groups is 1. The summed E-state index contributed by atoms with van der Waals surface area (Å²) in [7, 11) is 0. The Morgan fingerprint density at radius 1 is 1.19 bits per heavy atom. The number of benzene rings is 1. The summed E-state index contributed by atoms with van der Waals surface area (Å²) in [4.78, 5) is 4.70. The molecule has 1 heterocycles. The molecule has 0 aliphatic carbocycles. The highest BCUT2D eigenvalue weighted by Crippen LogP contribution is 2.17. The summed E-state index contributed by atoms with van der Waals surface area (Å²) >= 11 is 3.82. The third-order valence-electron chi connectivity index (χ3n) is 3.59. The number of hydrogen-bond acceptors (Lipinski definition) is 3.